The minimum Gasteiger partial charge on any atom is -0.406 e. The van der Waals surface area contributed by atoms with Crippen LogP contribution in [-0.4, -0.2) is 53.5 Å². The number of aromatic nitrogens is 1. The Hall–Kier alpha value is -3.11. The van der Waals surface area contributed by atoms with Gasteiger partial charge in [-0.25, -0.2) is 4.39 Å². The lowest BCUT2D eigenvalue weighted by Gasteiger charge is -2.35. The average Bonchev–Trinajstić information content (AvgIpc) is 3.28. The summed E-state index contributed by atoms with van der Waals surface area (Å²) >= 11 is 6.14. The number of hydrogen-bond donors (Lipinski definition) is 1. The van der Waals surface area contributed by atoms with Crippen LogP contribution in [0.2, 0.25) is 5.02 Å². The molecule has 4 aromatic rings. The second-order valence-corrected chi connectivity index (χ2v) is 10.4. The van der Waals surface area contributed by atoms with E-state index in [9.17, 15) is 17.6 Å². The van der Waals surface area contributed by atoms with Crippen LogP contribution in [0.5, 0.6) is 5.75 Å². The molecule has 5 rings (SSSR count). The molecule has 212 valence electrons. The lowest BCUT2D eigenvalue weighted by Crippen LogP contribution is -2.45. The molecular formula is C30H31ClF4N4O. The fraction of sp³-hybridized carbons (Fsp3) is 0.333. The highest BCUT2D eigenvalue weighted by atomic mass is 35.5. The predicted molar refractivity (Wildman–Crippen MR) is 150 cm³/mol. The largest absolute Gasteiger partial charge is 0.573 e. The molecule has 1 aliphatic heterocycles. The Balaban J connectivity index is 1.31. The van der Waals surface area contributed by atoms with Crippen molar-refractivity contribution >= 4 is 22.5 Å². The van der Waals surface area contributed by atoms with Crippen molar-refractivity contribution in [2.24, 2.45) is 5.73 Å². The van der Waals surface area contributed by atoms with Crippen molar-refractivity contribution in [3.63, 3.8) is 0 Å². The summed E-state index contributed by atoms with van der Waals surface area (Å²) in [4.78, 5) is 4.67. The summed E-state index contributed by atoms with van der Waals surface area (Å²) in [5.41, 5.74) is 10.5. The van der Waals surface area contributed by atoms with E-state index < -0.39 is 12.2 Å². The van der Waals surface area contributed by atoms with Crippen molar-refractivity contribution in [3.05, 3.63) is 88.8 Å². The maximum absolute atomic E-state index is 13.8. The van der Waals surface area contributed by atoms with Gasteiger partial charge >= 0.3 is 6.36 Å². The second kappa shape index (κ2) is 12.2. The van der Waals surface area contributed by atoms with Crippen LogP contribution in [0.1, 0.15) is 17.5 Å². The van der Waals surface area contributed by atoms with Crippen LogP contribution in [0, 0.1) is 5.82 Å². The van der Waals surface area contributed by atoms with Crippen molar-refractivity contribution in [2.45, 2.75) is 32.4 Å². The number of benzene rings is 3. The fourth-order valence-corrected chi connectivity index (χ4v) is 5.42. The molecule has 0 saturated carbocycles. The smallest absolute Gasteiger partial charge is 0.406 e. The number of piperazine rings is 1. The van der Waals surface area contributed by atoms with Crippen molar-refractivity contribution in [1.82, 2.24) is 14.4 Å². The summed E-state index contributed by atoms with van der Waals surface area (Å²) in [6.07, 6.45) is -1.87. The average molecular weight is 575 g/mol. The monoisotopic (exact) mass is 574 g/mol. The Morgan fingerprint density at radius 3 is 2.27 bits per heavy atom. The molecule has 2 N–H and O–H groups in total. The van der Waals surface area contributed by atoms with E-state index in [2.05, 4.69) is 37.3 Å². The van der Waals surface area contributed by atoms with Gasteiger partial charge in [0.05, 0.1) is 5.02 Å². The van der Waals surface area contributed by atoms with E-state index in [-0.39, 0.29) is 10.8 Å². The summed E-state index contributed by atoms with van der Waals surface area (Å²) in [7, 11) is 0. The van der Waals surface area contributed by atoms with Crippen molar-refractivity contribution in [2.75, 3.05) is 32.7 Å². The maximum Gasteiger partial charge on any atom is 0.573 e. The Morgan fingerprint density at radius 1 is 0.900 bits per heavy atom. The number of ether oxygens (including phenoxy) is 1. The second-order valence-electron chi connectivity index (χ2n) is 10.1. The van der Waals surface area contributed by atoms with E-state index in [0.29, 0.717) is 13.1 Å². The highest BCUT2D eigenvalue weighted by Crippen LogP contribution is 2.34. The van der Waals surface area contributed by atoms with Crippen molar-refractivity contribution in [3.8, 4) is 16.9 Å². The molecule has 0 amide bonds. The molecule has 2 heterocycles. The number of halogens is 5. The van der Waals surface area contributed by atoms with Gasteiger partial charge in [0.2, 0.25) is 0 Å². The van der Waals surface area contributed by atoms with Gasteiger partial charge < -0.3 is 15.0 Å². The number of rotatable bonds is 9. The molecule has 1 aliphatic rings. The molecule has 10 heteroatoms. The summed E-state index contributed by atoms with van der Waals surface area (Å²) < 4.78 is 57.9. The van der Waals surface area contributed by atoms with E-state index in [1.807, 2.05) is 12.3 Å². The number of alkyl halides is 3. The van der Waals surface area contributed by atoms with E-state index >= 15 is 0 Å². The first-order chi connectivity index (χ1) is 19.2. The molecule has 1 aromatic heterocycles. The zero-order valence-electron chi connectivity index (χ0n) is 21.9. The standard InChI is InChI=1S/C30H31ClF4N4O/c31-29-23(3-1-4-27(29)32)19-38-15-13-37(14-16-38)18-21-5-10-28-25(17-21)26(20-39(28)12-2-11-36)22-6-8-24(9-7-22)40-30(33,34)35/h1,3-10,17,20H,2,11-16,18-19,36H2. The van der Waals surface area contributed by atoms with Crippen LogP contribution in [0.25, 0.3) is 22.0 Å². The molecule has 5 nitrogen and oxygen atoms in total. The topological polar surface area (TPSA) is 46.7 Å². The van der Waals surface area contributed by atoms with Gasteiger partial charge in [-0.1, -0.05) is 41.9 Å². The van der Waals surface area contributed by atoms with Crippen LogP contribution >= 0.6 is 11.6 Å². The van der Waals surface area contributed by atoms with Gasteiger partial charge in [0, 0.05) is 68.5 Å². The normalized spacial score (nSPS) is 15.2. The van der Waals surface area contributed by atoms with Crippen LogP contribution in [0.15, 0.2) is 66.9 Å². The van der Waals surface area contributed by atoms with Crippen LogP contribution < -0.4 is 10.5 Å². The first kappa shape index (κ1) is 28.4. The lowest BCUT2D eigenvalue weighted by atomic mass is 10.0. The van der Waals surface area contributed by atoms with Gasteiger partial charge in [0.15, 0.2) is 0 Å². The molecule has 3 aromatic carbocycles. The first-order valence-electron chi connectivity index (χ1n) is 13.3. The Morgan fingerprint density at radius 2 is 1.60 bits per heavy atom. The van der Waals surface area contributed by atoms with Crippen molar-refractivity contribution < 1.29 is 22.3 Å². The van der Waals surface area contributed by atoms with Gasteiger partial charge in [-0.2, -0.15) is 0 Å². The molecule has 0 atom stereocenters. The molecule has 0 spiro atoms. The van der Waals surface area contributed by atoms with Crippen LogP contribution in [0.3, 0.4) is 0 Å². The summed E-state index contributed by atoms with van der Waals surface area (Å²) in [6.45, 7) is 6.14. The van der Waals surface area contributed by atoms with Gasteiger partial charge in [0.25, 0.3) is 0 Å². The third kappa shape index (κ3) is 6.78. The number of nitrogens with zero attached hydrogens (tertiary/aromatic N) is 3. The molecule has 0 radical (unpaired) electrons. The highest BCUT2D eigenvalue weighted by molar-refractivity contribution is 6.31. The fourth-order valence-electron chi connectivity index (χ4n) is 5.23. The van der Waals surface area contributed by atoms with E-state index in [0.717, 1.165) is 78.8 Å². The molecule has 40 heavy (non-hydrogen) atoms. The third-order valence-corrected chi connectivity index (χ3v) is 7.67. The predicted octanol–water partition coefficient (Wildman–Crippen LogP) is 6.67. The summed E-state index contributed by atoms with van der Waals surface area (Å²) in [5.74, 6) is -0.641. The van der Waals surface area contributed by atoms with E-state index in [1.165, 1.54) is 18.2 Å². The summed E-state index contributed by atoms with van der Waals surface area (Å²) in [6, 6.07) is 17.3. The maximum atomic E-state index is 13.8. The Labute approximate surface area is 235 Å². The minimum atomic E-state index is -4.73. The zero-order valence-corrected chi connectivity index (χ0v) is 22.7. The first-order valence-corrected chi connectivity index (χ1v) is 13.6. The van der Waals surface area contributed by atoms with Gasteiger partial charge in [-0.3, -0.25) is 9.80 Å². The zero-order chi connectivity index (χ0) is 28.3. The lowest BCUT2D eigenvalue weighted by molar-refractivity contribution is -0.274. The number of nitrogens with two attached hydrogens (primary N) is 1. The number of aryl methyl sites for hydroxylation is 1. The molecule has 1 fully saturated rings. The molecule has 0 unspecified atom stereocenters. The van der Waals surface area contributed by atoms with Crippen LogP contribution in [0.4, 0.5) is 17.6 Å². The number of hydrogen-bond acceptors (Lipinski definition) is 4. The minimum absolute atomic E-state index is 0.190. The molecule has 0 bridgehead atoms. The van der Waals surface area contributed by atoms with E-state index in [1.54, 1.807) is 18.2 Å². The third-order valence-electron chi connectivity index (χ3n) is 7.24. The van der Waals surface area contributed by atoms with Crippen LogP contribution in [-0.2, 0) is 19.6 Å². The van der Waals surface area contributed by atoms with Gasteiger partial charge in [-0.05, 0) is 60.0 Å². The highest BCUT2D eigenvalue weighted by Gasteiger charge is 2.31. The quantitative estimate of drug-likeness (QED) is 0.227. The Bertz CT molecular complexity index is 1450. The van der Waals surface area contributed by atoms with Gasteiger partial charge in [0.1, 0.15) is 11.6 Å². The molecule has 0 aliphatic carbocycles. The number of fused-ring (bicyclic) bond motifs is 1. The SMILES string of the molecule is NCCCn1cc(-c2ccc(OC(F)(F)F)cc2)c2cc(CN3CCN(Cc4cccc(F)c4Cl)CC3)ccc21. The Kier molecular flexibility index (Phi) is 8.65. The van der Waals surface area contributed by atoms with E-state index in [4.69, 9.17) is 17.3 Å². The molecule has 1 saturated heterocycles. The summed E-state index contributed by atoms with van der Waals surface area (Å²) in [5, 5.41) is 1.23. The molecular weight excluding hydrogens is 544 g/mol. The van der Waals surface area contributed by atoms with Gasteiger partial charge in [-0.15, -0.1) is 13.2 Å². The van der Waals surface area contributed by atoms with Crippen molar-refractivity contribution in [1.29, 1.82) is 0 Å².